The second kappa shape index (κ2) is 1.60. The Balaban J connectivity index is 2.25. The van der Waals surface area contributed by atoms with Crippen molar-refractivity contribution in [2.75, 3.05) is 0 Å². The number of hydrogen-bond acceptors (Lipinski definition) is 0. The SMILES string of the molecule is BrC1CC2=CCC1C2. The number of hydrogen-bond donors (Lipinski definition) is 0. The highest BCUT2D eigenvalue weighted by Gasteiger charge is 2.31. The van der Waals surface area contributed by atoms with E-state index in [1.165, 1.54) is 19.3 Å². The molecule has 44 valence electrons. The molecule has 1 fully saturated rings. The van der Waals surface area contributed by atoms with Crippen LogP contribution in [-0.4, -0.2) is 4.83 Å². The van der Waals surface area contributed by atoms with E-state index >= 15 is 0 Å². The van der Waals surface area contributed by atoms with E-state index in [1.54, 1.807) is 5.57 Å². The Morgan fingerprint density at radius 1 is 1.50 bits per heavy atom. The third-order valence-corrected chi connectivity index (χ3v) is 3.27. The summed E-state index contributed by atoms with van der Waals surface area (Å²) in [6.07, 6.45) is 6.45. The number of fused-ring (bicyclic) bond motifs is 2. The van der Waals surface area contributed by atoms with E-state index in [4.69, 9.17) is 0 Å². The van der Waals surface area contributed by atoms with Crippen LogP contribution in [0.5, 0.6) is 0 Å². The molecule has 0 aromatic rings. The number of alkyl halides is 1. The molecule has 2 bridgehead atoms. The second-order valence-corrected chi connectivity index (χ2v) is 3.96. The highest BCUT2D eigenvalue weighted by molar-refractivity contribution is 9.09. The van der Waals surface area contributed by atoms with Crippen LogP contribution >= 0.6 is 15.9 Å². The van der Waals surface area contributed by atoms with Gasteiger partial charge in [0.15, 0.2) is 0 Å². The molecular formula is C7H9Br. The van der Waals surface area contributed by atoms with Crippen molar-refractivity contribution in [1.29, 1.82) is 0 Å². The van der Waals surface area contributed by atoms with Gasteiger partial charge in [-0.25, -0.2) is 0 Å². The second-order valence-electron chi connectivity index (χ2n) is 2.78. The predicted molar refractivity (Wildman–Crippen MR) is 38.1 cm³/mol. The van der Waals surface area contributed by atoms with Gasteiger partial charge in [-0.05, 0) is 25.2 Å². The van der Waals surface area contributed by atoms with E-state index in [9.17, 15) is 0 Å². The summed E-state index contributed by atoms with van der Waals surface area (Å²) in [4.78, 5) is 0.822. The molecular weight excluding hydrogens is 164 g/mol. The van der Waals surface area contributed by atoms with Crippen LogP contribution in [0.15, 0.2) is 11.6 Å². The molecule has 2 aliphatic rings. The zero-order chi connectivity index (χ0) is 5.56. The van der Waals surface area contributed by atoms with E-state index in [-0.39, 0.29) is 0 Å². The predicted octanol–water partition coefficient (Wildman–Crippen LogP) is 2.49. The summed E-state index contributed by atoms with van der Waals surface area (Å²) in [5, 5.41) is 0. The van der Waals surface area contributed by atoms with Crippen LogP contribution in [0.1, 0.15) is 19.3 Å². The fraction of sp³-hybridized carbons (Fsp3) is 0.714. The Morgan fingerprint density at radius 2 is 2.38 bits per heavy atom. The minimum Gasteiger partial charge on any atom is -0.0884 e. The lowest BCUT2D eigenvalue weighted by molar-refractivity contribution is 0.598. The number of allylic oxidation sites excluding steroid dienone is 2. The third kappa shape index (κ3) is 0.572. The summed E-state index contributed by atoms with van der Waals surface area (Å²) in [7, 11) is 0. The van der Waals surface area contributed by atoms with Gasteiger partial charge in [0.05, 0.1) is 0 Å². The van der Waals surface area contributed by atoms with Gasteiger partial charge in [-0.3, -0.25) is 0 Å². The lowest BCUT2D eigenvalue weighted by Crippen LogP contribution is -2.04. The quantitative estimate of drug-likeness (QED) is 0.390. The maximum Gasteiger partial charge on any atom is 0.0217 e. The average molecular weight is 173 g/mol. The van der Waals surface area contributed by atoms with Gasteiger partial charge in [-0.1, -0.05) is 27.6 Å². The number of halogens is 1. The van der Waals surface area contributed by atoms with Crippen LogP contribution in [0.25, 0.3) is 0 Å². The fourth-order valence-electron chi connectivity index (χ4n) is 1.68. The van der Waals surface area contributed by atoms with Crippen molar-refractivity contribution in [3.05, 3.63) is 11.6 Å². The van der Waals surface area contributed by atoms with Gasteiger partial charge in [0, 0.05) is 4.83 Å². The van der Waals surface area contributed by atoms with Crippen molar-refractivity contribution in [3.63, 3.8) is 0 Å². The molecule has 2 rings (SSSR count). The molecule has 0 heterocycles. The lowest BCUT2D eigenvalue weighted by atomic mass is 10.1. The van der Waals surface area contributed by atoms with Gasteiger partial charge >= 0.3 is 0 Å². The molecule has 0 saturated heterocycles. The first-order valence-corrected chi connectivity index (χ1v) is 4.10. The number of rotatable bonds is 0. The van der Waals surface area contributed by atoms with Crippen molar-refractivity contribution in [2.45, 2.75) is 24.1 Å². The van der Waals surface area contributed by atoms with Crippen LogP contribution in [-0.2, 0) is 0 Å². The van der Waals surface area contributed by atoms with Crippen LogP contribution in [0.3, 0.4) is 0 Å². The molecule has 2 unspecified atom stereocenters. The highest BCUT2D eigenvalue weighted by Crippen LogP contribution is 2.43. The molecule has 0 nitrogen and oxygen atoms in total. The Bertz CT molecular complexity index is 137. The van der Waals surface area contributed by atoms with Gasteiger partial charge in [0.1, 0.15) is 0 Å². The first-order chi connectivity index (χ1) is 3.86. The van der Waals surface area contributed by atoms with Crippen molar-refractivity contribution in [1.82, 2.24) is 0 Å². The van der Waals surface area contributed by atoms with E-state index in [0.29, 0.717) is 0 Å². The molecule has 2 atom stereocenters. The van der Waals surface area contributed by atoms with E-state index in [0.717, 1.165) is 10.7 Å². The molecule has 0 aromatic heterocycles. The first-order valence-electron chi connectivity index (χ1n) is 3.18. The van der Waals surface area contributed by atoms with Crippen molar-refractivity contribution < 1.29 is 0 Å². The van der Waals surface area contributed by atoms with Gasteiger partial charge in [0.2, 0.25) is 0 Å². The summed E-state index contributed by atoms with van der Waals surface area (Å²) in [5.74, 6) is 0.963. The largest absolute Gasteiger partial charge is 0.0884 e. The van der Waals surface area contributed by atoms with Crippen molar-refractivity contribution in [2.24, 2.45) is 5.92 Å². The molecule has 0 aliphatic heterocycles. The molecule has 1 heteroatoms. The van der Waals surface area contributed by atoms with Crippen molar-refractivity contribution >= 4 is 15.9 Å². The van der Waals surface area contributed by atoms with Gasteiger partial charge in [-0.15, -0.1) is 0 Å². The summed E-state index contributed by atoms with van der Waals surface area (Å²) in [6.45, 7) is 0. The minimum absolute atomic E-state index is 0.822. The zero-order valence-corrected chi connectivity index (χ0v) is 6.32. The summed E-state index contributed by atoms with van der Waals surface area (Å²) < 4.78 is 0. The maximum absolute atomic E-state index is 3.65. The van der Waals surface area contributed by atoms with Crippen molar-refractivity contribution in [3.8, 4) is 0 Å². The van der Waals surface area contributed by atoms with Crippen LogP contribution < -0.4 is 0 Å². The molecule has 0 N–H and O–H groups in total. The zero-order valence-electron chi connectivity index (χ0n) is 4.73. The Labute approximate surface area is 58.1 Å². The Morgan fingerprint density at radius 3 is 2.62 bits per heavy atom. The fourth-order valence-corrected chi connectivity index (χ4v) is 2.50. The molecule has 8 heavy (non-hydrogen) atoms. The van der Waals surface area contributed by atoms with Gasteiger partial charge in [-0.2, -0.15) is 0 Å². The molecule has 0 amide bonds. The molecule has 0 spiro atoms. The van der Waals surface area contributed by atoms with Crippen LogP contribution in [0, 0.1) is 5.92 Å². The minimum atomic E-state index is 0.822. The topological polar surface area (TPSA) is 0 Å². The lowest BCUT2D eigenvalue weighted by Gasteiger charge is -2.09. The van der Waals surface area contributed by atoms with E-state index in [1.807, 2.05) is 0 Å². The van der Waals surface area contributed by atoms with Crippen LogP contribution in [0.4, 0.5) is 0 Å². The maximum atomic E-state index is 3.65. The summed E-state index contributed by atoms with van der Waals surface area (Å²) in [6, 6.07) is 0. The molecule has 0 aromatic carbocycles. The Kier molecular flexibility index (Phi) is 1.01. The third-order valence-electron chi connectivity index (χ3n) is 2.20. The monoisotopic (exact) mass is 172 g/mol. The van der Waals surface area contributed by atoms with Gasteiger partial charge < -0.3 is 0 Å². The summed E-state index contributed by atoms with van der Waals surface area (Å²) >= 11 is 3.65. The summed E-state index contributed by atoms with van der Waals surface area (Å²) in [5.41, 5.74) is 1.69. The molecule has 0 radical (unpaired) electrons. The normalized spacial score (nSPS) is 42.9. The van der Waals surface area contributed by atoms with E-state index in [2.05, 4.69) is 22.0 Å². The standard InChI is InChI=1S/C7H9Br/c8-7-4-5-1-2-6(7)3-5/h1,6-7H,2-4H2. The van der Waals surface area contributed by atoms with E-state index < -0.39 is 0 Å². The Hall–Kier alpha value is 0.220. The van der Waals surface area contributed by atoms with Gasteiger partial charge in [0.25, 0.3) is 0 Å². The highest BCUT2D eigenvalue weighted by atomic mass is 79.9. The average Bonchev–Trinajstić information content (AvgIpc) is 2.23. The molecule has 1 saturated carbocycles. The first kappa shape index (κ1) is 5.04. The smallest absolute Gasteiger partial charge is 0.0217 e. The molecule has 2 aliphatic carbocycles. The van der Waals surface area contributed by atoms with Crippen LogP contribution in [0.2, 0.25) is 0 Å².